The number of pyridine rings is 1. The van der Waals surface area contributed by atoms with Gasteiger partial charge >= 0.3 is 0 Å². The normalized spacial score (nSPS) is 11.6. The molecule has 0 radical (unpaired) electrons. The predicted molar refractivity (Wildman–Crippen MR) is 78.4 cm³/mol. The quantitative estimate of drug-likeness (QED) is 0.369. The number of fused-ring (bicyclic) bond motifs is 1. The SMILES string of the molecule is CN=C(C[N+](=O)[O-])N(C)Cc1cnc2ccccc2c1. The van der Waals surface area contributed by atoms with Crippen molar-refractivity contribution in [2.45, 2.75) is 6.54 Å². The monoisotopic (exact) mass is 272 g/mol. The molecule has 0 saturated carbocycles. The van der Waals surface area contributed by atoms with E-state index in [0.29, 0.717) is 12.4 Å². The number of aliphatic imine (C=N–C) groups is 1. The molecular formula is C14H16N4O2. The zero-order valence-electron chi connectivity index (χ0n) is 11.5. The van der Waals surface area contributed by atoms with Crippen LogP contribution in [-0.4, -0.2) is 41.3 Å². The van der Waals surface area contributed by atoms with E-state index in [4.69, 9.17) is 0 Å². The van der Waals surface area contributed by atoms with Crippen molar-refractivity contribution in [3.05, 3.63) is 52.2 Å². The maximum absolute atomic E-state index is 10.6. The van der Waals surface area contributed by atoms with Gasteiger partial charge in [-0.25, -0.2) is 0 Å². The van der Waals surface area contributed by atoms with Crippen molar-refractivity contribution in [2.75, 3.05) is 20.6 Å². The third-order valence-electron chi connectivity index (χ3n) is 3.04. The molecule has 20 heavy (non-hydrogen) atoms. The van der Waals surface area contributed by atoms with Crippen LogP contribution in [-0.2, 0) is 6.54 Å². The average Bonchev–Trinajstić information content (AvgIpc) is 2.44. The first kappa shape index (κ1) is 13.9. The second-order valence-corrected chi connectivity index (χ2v) is 4.52. The van der Waals surface area contributed by atoms with Crippen LogP contribution in [0.3, 0.4) is 0 Å². The highest BCUT2D eigenvalue weighted by atomic mass is 16.6. The molecular weight excluding hydrogens is 256 g/mol. The molecule has 1 heterocycles. The Kier molecular flexibility index (Phi) is 4.24. The fraction of sp³-hybridized carbons (Fsp3) is 0.286. The van der Waals surface area contributed by atoms with E-state index in [1.54, 1.807) is 25.2 Å². The Morgan fingerprint density at radius 3 is 2.90 bits per heavy atom. The molecule has 0 aliphatic rings. The summed E-state index contributed by atoms with van der Waals surface area (Å²) in [6.07, 6.45) is 1.79. The van der Waals surface area contributed by atoms with Gasteiger partial charge < -0.3 is 4.90 Å². The molecule has 1 aromatic heterocycles. The molecule has 104 valence electrons. The molecule has 0 atom stereocenters. The molecule has 0 unspecified atom stereocenters. The van der Waals surface area contributed by atoms with Crippen LogP contribution in [0.2, 0.25) is 0 Å². The van der Waals surface area contributed by atoms with Crippen LogP contribution in [0.25, 0.3) is 10.9 Å². The number of hydrogen-bond acceptors (Lipinski definition) is 4. The van der Waals surface area contributed by atoms with E-state index in [0.717, 1.165) is 16.5 Å². The van der Waals surface area contributed by atoms with Crippen molar-refractivity contribution >= 4 is 16.7 Å². The highest BCUT2D eigenvalue weighted by Crippen LogP contribution is 2.13. The summed E-state index contributed by atoms with van der Waals surface area (Å²) >= 11 is 0. The van der Waals surface area contributed by atoms with Crippen LogP contribution in [0.5, 0.6) is 0 Å². The predicted octanol–water partition coefficient (Wildman–Crippen LogP) is 1.97. The van der Waals surface area contributed by atoms with Crippen molar-refractivity contribution in [1.82, 2.24) is 9.88 Å². The van der Waals surface area contributed by atoms with Gasteiger partial charge in [-0.15, -0.1) is 0 Å². The minimum atomic E-state index is -0.378. The molecule has 0 N–H and O–H groups in total. The zero-order valence-corrected chi connectivity index (χ0v) is 11.5. The number of hydrogen-bond donors (Lipinski definition) is 0. The van der Waals surface area contributed by atoms with E-state index in [-0.39, 0.29) is 11.5 Å². The number of nitro groups is 1. The van der Waals surface area contributed by atoms with Crippen LogP contribution < -0.4 is 0 Å². The molecule has 0 aliphatic heterocycles. The van der Waals surface area contributed by atoms with Crippen LogP contribution in [0.1, 0.15) is 5.56 Å². The number of aromatic nitrogens is 1. The lowest BCUT2D eigenvalue weighted by Crippen LogP contribution is -2.32. The van der Waals surface area contributed by atoms with Gasteiger partial charge in [0.2, 0.25) is 0 Å². The first-order valence-electron chi connectivity index (χ1n) is 6.22. The van der Waals surface area contributed by atoms with Crippen molar-refractivity contribution < 1.29 is 4.92 Å². The smallest absolute Gasteiger partial charge is 0.260 e. The van der Waals surface area contributed by atoms with Gasteiger partial charge in [-0.2, -0.15) is 0 Å². The zero-order chi connectivity index (χ0) is 14.5. The van der Waals surface area contributed by atoms with Crippen LogP contribution in [0.4, 0.5) is 0 Å². The average molecular weight is 272 g/mol. The molecule has 6 heteroatoms. The van der Waals surface area contributed by atoms with Gasteiger partial charge in [0.05, 0.1) is 5.52 Å². The van der Waals surface area contributed by atoms with E-state index in [9.17, 15) is 10.1 Å². The third-order valence-corrected chi connectivity index (χ3v) is 3.04. The largest absolute Gasteiger partial charge is 0.354 e. The van der Waals surface area contributed by atoms with Crippen LogP contribution in [0.15, 0.2) is 41.5 Å². The third kappa shape index (κ3) is 3.28. The molecule has 2 rings (SSSR count). The highest BCUT2D eigenvalue weighted by molar-refractivity contribution is 5.83. The van der Waals surface area contributed by atoms with Crippen molar-refractivity contribution in [2.24, 2.45) is 4.99 Å². The number of likely N-dealkylation sites (N-methyl/N-ethyl adjacent to an activating group) is 1. The summed E-state index contributed by atoms with van der Waals surface area (Å²) in [4.78, 5) is 20.3. The highest BCUT2D eigenvalue weighted by Gasteiger charge is 2.12. The second-order valence-electron chi connectivity index (χ2n) is 4.52. The Hall–Kier alpha value is -2.50. The van der Waals surface area contributed by atoms with E-state index in [1.807, 2.05) is 30.3 Å². The summed E-state index contributed by atoms with van der Waals surface area (Å²) in [5.74, 6) is 0.447. The number of amidine groups is 1. The van der Waals surface area contributed by atoms with E-state index in [2.05, 4.69) is 9.98 Å². The summed E-state index contributed by atoms with van der Waals surface area (Å²) in [5, 5.41) is 11.6. The maximum Gasteiger partial charge on any atom is 0.260 e. The number of nitrogens with zero attached hydrogens (tertiary/aromatic N) is 4. The summed E-state index contributed by atoms with van der Waals surface area (Å²) in [6, 6.07) is 9.90. The molecule has 0 spiro atoms. The second kappa shape index (κ2) is 6.10. The van der Waals surface area contributed by atoms with E-state index < -0.39 is 0 Å². The van der Waals surface area contributed by atoms with Crippen LogP contribution in [0, 0.1) is 10.1 Å². The Morgan fingerprint density at radius 1 is 1.45 bits per heavy atom. The topological polar surface area (TPSA) is 71.6 Å². The lowest BCUT2D eigenvalue weighted by molar-refractivity contribution is -0.464. The molecule has 0 saturated heterocycles. The minimum absolute atomic E-state index is 0.270. The van der Waals surface area contributed by atoms with Gasteiger partial charge in [0.15, 0.2) is 5.84 Å². The maximum atomic E-state index is 10.6. The lowest BCUT2D eigenvalue weighted by atomic mass is 10.1. The first-order chi connectivity index (χ1) is 9.60. The lowest BCUT2D eigenvalue weighted by Gasteiger charge is -2.18. The fourth-order valence-electron chi connectivity index (χ4n) is 2.05. The van der Waals surface area contributed by atoms with Gasteiger partial charge in [0.25, 0.3) is 6.54 Å². The standard InChI is InChI=1S/C14H16N4O2/c1-15-14(10-18(19)20)17(2)9-11-7-12-5-3-4-6-13(12)16-8-11/h3-8H,9-10H2,1-2H3. The molecule has 0 bridgehead atoms. The van der Waals surface area contributed by atoms with Crippen molar-refractivity contribution in [1.29, 1.82) is 0 Å². The number of rotatable bonds is 4. The number of para-hydroxylation sites is 1. The van der Waals surface area contributed by atoms with Crippen molar-refractivity contribution in [3.63, 3.8) is 0 Å². The van der Waals surface area contributed by atoms with E-state index in [1.165, 1.54) is 0 Å². The first-order valence-corrected chi connectivity index (χ1v) is 6.22. The van der Waals surface area contributed by atoms with Gasteiger partial charge in [0, 0.05) is 37.1 Å². The molecule has 1 aromatic carbocycles. The summed E-state index contributed by atoms with van der Waals surface area (Å²) < 4.78 is 0. The molecule has 0 amide bonds. The minimum Gasteiger partial charge on any atom is -0.354 e. The summed E-state index contributed by atoms with van der Waals surface area (Å²) in [6.45, 7) is 0.270. The molecule has 0 aliphatic carbocycles. The fourth-order valence-corrected chi connectivity index (χ4v) is 2.05. The Bertz CT molecular complexity index is 654. The van der Waals surface area contributed by atoms with Gasteiger partial charge in [-0.3, -0.25) is 20.1 Å². The van der Waals surface area contributed by atoms with Gasteiger partial charge in [0.1, 0.15) is 0 Å². The number of benzene rings is 1. The van der Waals surface area contributed by atoms with Gasteiger partial charge in [-0.05, 0) is 17.7 Å². The van der Waals surface area contributed by atoms with Crippen LogP contribution >= 0.6 is 0 Å². The molecule has 6 nitrogen and oxygen atoms in total. The van der Waals surface area contributed by atoms with E-state index >= 15 is 0 Å². The molecule has 0 fully saturated rings. The Labute approximate surface area is 116 Å². The molecule has 2 aromatic rings. The van der Waals surface area contributed by atoms with Gasteiger partial charge in [-0.1, -0.05) is 18.2 Å². The van der Waals surface area contributed by atoms with Crippen molar-refractivity contribution in [3.8, 4) is 0 Å². The summed E-state index contributed by atoms with van der Waals surface area (Å²) in [5.41, 5.74) is 1.93. The Balaban J connectivity index is 2.16. The summed E-state index contributed by atoms with van der Waals surface area (Å²) in [7, 11) is 3.36. The Morgan fingerprint density at radius 2 is 2.20 bits per heavy atom.